The fourth-order valence-electron chi connectivity index (χ4n) is 2.56. The molecule has 1 N–H and O–H groups in total. The number of aryl methyl sites for hydroxylation is 2. The summed E-state index contributed by atoms with van der Waals surface area (Å²) in [5.74, 6) is 1.17. The van der Waals surface area contributed by atoms with Crippen molar-refractivity contribution in [1.82, 2.24) is 5.32 Å². The third kappa shape index (κ3) is 6.42. The minimum absolute atomic E-state index is 0.0646. The number of unbranched alkanes of at least 4 members (excludes halogenated alkanes) is 1. The highest BCUT2D eigenvalue weighted by molar-refractivity contribution is 6.32. The minimum atomic E-state index is -0.515. The maximum absolute atomic E-state index is 12.2. The van der Waals surface area contributed by atoms with Gasteiger partial charge in [0.1, 0.15) is 5.75 Å². The molecular weight excluding hydrogens is 310 g/mol. The number of nitrogens with one attached hydrogen (secondary N) is 1. The SMILES string of the molecule is CCCC[C@H](CC)CNC(=O)[C@@H](C)Oc1cc(C)c(Cl)c(C)c1. The van der Waals surface area contributed by atoms with Gasteiger partial charge in [0, 0.05) is 11.6 Å². The Balaban J connectivity index is 2.53. The van der Waals surface area contributed by atoms with Crippen LogP contribution in [0.3, 0.4) is 0 Å². The standard InChI is InChI=1S/C19H30ClNO2/c1-6-8-9-16(7-2)12-21-19(22)15(5)23-17-10-13(3)18(20)14(4)11-17/h10-11,15-16H,6-9,12H2,1-5H3,(H,21,22)/t15-,16+/m1/s1. The van der Waals surface area contributed by atoms with Crippen molar-refractivity contribution in [2.75, 3.05) is 6.54 Å². The molecule has 0 fully saturated rings. The quantitative estimate of drug-likeness (QED) is 0.683. The number of ether oxygens (including phenoxy) is 1. The molecule has 0 bridgehead atoms. The van der Waals surface area contributed by atoms with E-state index < -0.39 is 6.10 Å². The Bertz CT molecular complexity index is 493. The van der Waals surface area contributed by atoms with Crippen LogP contribution in [-0.4, -0.2) is 18.6 Å². The Morgan fingerprint density at radius 1 is 1.26 bits per heavy atom. The first-order valence-corrected chi connectivity index (χ1v) is 8.97. The number of halogens is 1. The monoisotopic (exact) mass is 339 g/mol. The van der Waals surface area contributed by atoms with Crippen LogP contribution in [0.4, 0.5) is 0 Å². The lowest BCUT2D eigenvalue weighted by Gasteiger charge is -2.19. The first-order valence-electron chi connectivity index (χ1n) is 8.60. The van der Waals surface area contributed by atoms with E-state index in [4.69, 9.17) is 16.3 Å². The third-order valence-electron chi connectivity index (χ3n) is 4.20. The van der Waals surface area contributed by atoms with Crippen LogP contribution in [0.2, 0.25) is 5.02 Å². The molecule has 0 saturated carbocycles. The maximum atomic E-state index is 12.2. The molecule has 0 spiro atoms. The van der Waals surface area contributed by atoms with Gasteiger partial charge in [-0.25, -0.2) is 0 Å². The van der Waals surface area contributed by atoms with E-state index in [-0.39, 0.29) is 5.91 Å². The number of hydrogen-bond acceptors (Lipinski definition) is 2. The molecule has 2 atom stereocenters. The summed E-state index contributed by atoms with van der Waals surface area (Å²) in [6.07, 6.45) is 4.14. The Morgan fingerprint density at radius 2 is 1.87 bits per heavy atom. The van der Waals surface area contributed by atoms with Gasteiger partial charge in [0.25, 0.3) is 5.91 Å². The minimum Gasteiger partial charge on any atom is -0.481 e. The third-order valence-corrected chi connectivity index (χ3v) is 4.80. The summed E-state index contributed by atoms with van der Waals surface area (Å²) in [5, 5.41) is 3.76. The van der Waals surface area contributed by atoms with Crippen LogP contribution >= 0.6 is 11.6 Å². The number of carbonyl (C=O) groups is 1. The van der Waals surface area contributed by atoms with Crippen LogP contribution in [0.15, 0.2) is 12.1 Å². The number of benzene rings is 1. The molecule has 0 aliphatic heterocycles. The van der Waals surface area contributed by atoms with Gasteiger partial charge in [-0.1, -0.05) is 44.7 Å². The first-order chi connectivity index (χ1) is 10.9. The molecule has 3 nitrogen and oxygen atoms in total. The van der Waals surface area contributed by atoms with Crippen molar-refractivity contribution < 1.29 is 9.53 Å². The van der Waals surface area contributed by atoms with Crippen LogP contribution in [0.5, 0.6) is 5.75 Å². The Hall–Kier alpha value is -1.22. The lowest BCUT2D eigenvalue weighted by atomic mass is 9.99. The van der Waals surface area contributed by atoms with Gasteiger partial charge in [-0.3, -0.25) is 4.79 Å². The predicted octanol–water partition coefficient (Wildman–Crippen LogP) is 5.06. The van der Waals surface area contributed by atoms with Gasteiger partial charge < -0.3 is 10.1 Å². The van der Waals surface area contributed by atoms with Gasteiger partial charge >= 0.3 is 0 Å². The molecule has 1 amide bonds. The van der Waals surface area contributed by atoms with E-state index in [9.17, 15) is 4.79 Å². The van der Waals surface area contributed by atoms with Crippen LogP contribution in [0, 0.1) is 19.8 Å². The van der Waals surface area contributed by atoms with Crippen molar-refractivity contribution in [3.05, 3.63) is 28.3 Å². The number of hydrogen-bond donors (Lipinski definition) is 1. The molecule has 0 saturated heterocycles. The molecule has 1 aromatic rings. The average molecular weight is 340 g/mol. The van der Waals surface area contributed by atoms with Gasteiger partial charge in [-0.05, 0) is 56.4 Å². The normalized spacial score (nSPS) is 13.5. The Labute approximate surface area is 145 Å². The van der Waals surface area contributed by atoms with Gasteiger partial charge in [0.15, 0.2) is 6.10 Å². The molecule has 1 aromatic carbocycles. The largest absolute Gasteiger partial charge is 0.481 e. The number of rotatable bonds is 9. The molecule has 0 aliphatic carbocycles. The van der Waals surface area contributed by atoms with E-state index >= 15 is 0 Å². The Morgan fingerprint density at radius 3 is 2.39 bits per heavy atom. The van der Waals surface area contributed by atoms with Crippen molar-refractivity contribution in [2.24, 2.45) is 5.92 Å². The second-order valence-corrected chi connectivity index (χ2v) is 6.67. The molecule has 0 heterocycles. The average Bonchev–Trinajstić information content (AvgIpc) is 2.52. The second kappa shape index (κ2) is 9.82. The molecular formula is C19H30ClNO2. The summed E-state index contributed by atoms with van der Waals surface area (Å²) in [6.45, 7) is 10.7. The molecule has 0 unspecified atom stereocenters. The lowest BCUT2D eigenvalue weighted by Crippen LogP contribution is -2.38. The summed E-state index contributed by atoms with van der Waals surface area (Å²) in [4.78, 5) is 12.2. The molecule has 0 radical (unpaired) electrons. The zero-order valence-corrected chi connectivity index (χ0v) is 15.8. The van der Waals surface area contributed by atoms with Crippen molar-refractivity contribution in [1.29, 1.82) is 0 Å². The summed E-state index contributed by atoms with van der Waals surface area (Å²) in [6, 6.07) is 3.74. The molecule has 0 aliphatic rings. The van der Waals surface area contributed by atoms with Crippen LogP contribution in [0.1, 0.15) is 57.6 Å². The van der Waals surface area contributed by atoms with E-state index in [1.54, 1.807) is 6.92 Å². The molecule has 1 rings (SSSR count). The van der Waals surface area contributed by atoms with E-state index in [0.717, 1.165) is 35.5 Å². The predicted molar refractivity (Wildman–Crippen MR) is 97.3 cm³/mol. The molecule has 0 aromatic heterocycles. The lowest BCUT2D eigenvalue weighted by molar-refractivity contribution is -0.127. The second-order valence-electron chi connectivity index (χ2n) is 6.29. The van der Waals surface area contributed by atoms with Crippen molar-refractivity contribution in [3.63, 3.8) is 0 Å². The van der Waals surface area contributed by atoms with Gasteiger partial charge in [-0.15, -0.1) is 0 Å². The zero-order chi connectivity index (χ0) is 17.4. The molecule has 23 heavy (non-hydrogen) atoms. The maximum Gasteiger partial charge on any atom is 0.260 e. The van der Waals surface area contributed by atoms with Crippen molar-refractivity contribution >= 4 is 17.5 Å². The number of amides is 1. The smallest absolute Gasteiger partial charge is 0.260 e. The zero-order valence-electron chi connectivity index (χ0n) is 15.0. The highest BCUT2D eigenvalue weighted by Gasteiger charge is 2.17. The highest BCUT2D eigenvalue weighted by atomic mass is 35.5. The highest BCUT2D eigenvalue weighted by Crippen LogP contribution is 2.26. The van der Waals surface area contributed by atoms with Crippen LogP contribution < -0.4 is 10.1 Å². The fraction of sp³-hybridized carbons (Fsp3) is 0.632. The van der Waals surface area contributed by atoms with E-state index in [0.29, 0.717) is 11.7 Å². The number of carbonyl (C=O) groups excluding carboxylic acids is 1. The first kappa shape index (κ1) is 19.8. The fourth-order valence-corrected chi connectivity index (χ4v) is 2.67. The summed E-state index contributed by atoms with van der Waals surface area (Å²) < 4.78 is 5.77. The topological polar surface area (TPSA) is 38.3 Å². The summed E-state index contributed by atoms with van der Waals surface area (Å²) in [7, 11) is 0. The van der Waals surface area contributed by atoms with Crippen LogP contribution in [0.25, 0.3) is 0 Å². The van der Waals surface area contributed by atoms with Crippen molar-refractivity contribution in [3.8, 4) is 5.75 Å². The Kier molecular flexibility index (Phi) is 8.46. The molecule has 130 valence electrons. The van der Waals surface area contributed by atoms with Crippen molar-refractivity contribution in [2.45, 2.75) is 66.4 Å². The molecule has 4 heteroatoms. The van der Waals surface area contributed by atoms with E-state index in [1.165, 1.54) is 12.8 Å². The van der Waals surface area contributed by atoms with Gasteiger partial charge in [0.05, 0.1) is 0 Å². The summed E-state index contributed by atoms with van der Waals surface area (Å²) >= 11 is 6.16. The van der Waals surface area contributed by atoms with Crippen LogP contribution in [-0.2, 0) is 4.79 Å². The van der Waals surface area contributed by atoms with E-state index in [2.05, 4.69) is 19.2 Å². The summed E-state index contributed by atoms with van der Waals surface area (Å²) in [5.41, 5.74) is 1.92. The van der Waals surface area contributed by atoms with Gasteiger partial charge in [0.2, 0.25) is 0 Å². The van der Waals surface area contributed by atoms with Gasteiger partial charge in [-0.2, -0.15) is 0 Å². The van der Waals surface area contributed by atoms with E-state index in [1.807, 2.05) is 26.0 Å².